The Kier molecular flexibility index (Phi) is 7.73. The van der Waals surface area contributed by atoms with Crippen molar-refractivity contribution in [1.29, 1.82) is 0 Å². The van der Waals surface area contributed by atoms with E-state index in [0.29, 0.717) is 29.1 Å². The number of anilines is 2. The molecule has 1 saturated heterocycles. The number of carbonyl (C=O) groups is 2. The zero-order chi connectivity index (χ0) is 31.3. The lowest BCUT2D eigenvalue weighted by molar-refractivity contribution is 0.0114. The lowest BCUT2D eigenvalue weighted by Gasteiger charge is -2.40. The number of fused-ring (bicyclic) bond motifs is 2. The summed E-state index contributed by atoms with van der Waals surface area (Å²) in [7, 11) is 5.85. The second-order valence-corrected chi connectivity index (χ2v) is 13.4. The van der Waals surface area contributed by atoms with Crippen LogP contribution in [0.4, 0.5) is 16.3 Å². The first-order valence-corrected chi connectivity index (χ1v) is 15.4. The molecule has 0 atom stereocenters. The molecule has 0 spiro atoms. The molecule has 2 fully saturated rings. The van der Waals surface area contributed by atoms with Crippen LogP contribution in [-0.4, -0.2) is 90.8 Å². The van der Waals surface area contributed by atoms with Crippen LogP contribution in [0.15, 0.2) is 30.7 Å². The summed E-state index contributed by atoms with van der Waals surface area (Å²) in [5, 5.41) is 8.59. The topological polar surface area (TPSA) is 113 Å². The molecule has 0 radical (unpaired) electrons. The summed E-state index contributed by atoms with van der Waals surface area (Å²) in [6.45, 7) is 9.94. The Balaban J connectivity index is 1.20. The molecule has 234 valence electrons. The monoisotopic (exact) mass is 601 g/mol. The van der Waals surface area contributed by atoms with Crippen molar-refractivity contribution in [2.45, 2.75) is 77.6 Å². The molecule has 1 aliphatic heterocycles. The summed E-state index contributed by atoms with van der Waals surface area (Å²) in [4.78, 5) is 42.4. The molecular weight excluding hydrogens is 558 g/mol. The number of aromatic nitrogens is 5. The zero-order valence-electron chi connectivity index (χ0n) is 26.8. The van der Waals surface area contributed by atoms with Gasteiger partial charge in [0.2, 0.25) is 0 Å². The SMILES string of the molecule is Cc1cn2cc(NC(=O)c3ccc(N4CCC(N(C(=O)OC(C)(C)C)C5CC5)CC4)c4cn(C)nc34)nc2c(CN(C)C)n1. The molecule has 4 heterocycles. The fraction of sp³-hybridized carbons (Fsp3) is 0.531. The van der Waals surface area contributed by atoms with Crippen LogP contribution in [0.2, 0.25) is 0 Å². The normalized spacial score (nSPS) is 16.2. The Bertz CT molecular complexity index is 1710. The van der Waals surface area contributed by atoms with E-state index in [9.17, 15) is 9.59 Å². The van der Waals surface area contributed by atoms with Gasteiger partial charge < -0.3 is 29.2 Å². The fourth-order valence-corrected chi connectivity index (χ4v) is 6.16. The second kappa shape index (κ2) is 11.4. The van der Waals surface area contributed by atoms with Crippen molar-refractivity contribution in [3.8, 4) is 0 Å². The van der Waals surface area contributed by atoms with Crippen LogP contribution in [0.25, 0.3) is 16.6 Å². The Labute approximate surface area is 258 Å². The summed E-state index contributed by atoms with van der Waals surface area (Å²) in [6, 6.07) is 4.31. The van der Waals surface area contributed by atoms with Crippen LogP contribution in [0, 0.1) is 6.92 Å². The van der Waals surface area contributed by atoms with Gasteiger partial charge in [0.25, 0.3) is 5.91 Å². The number of hydrogen-bond donors (Lipinski definition) is 1. The zero-order valence-corrected chi connectivity index (χ0v) is 26.8. The number of aryl methyl sites for hydroxylation is 2. The largest absolute Gasteiger partial charge is 0.444 e. The smallest absolute Gasteiger partial charge is 0.410 e. The van der Waals surface area contributed by atoms with Crippen LogP contribution >= 0.6 is 0 Å². The highest BCUT2D eigenvalue weighted by Crippen LogP contribution is 2.36. The molecule has 12 heteroatoms. The van der Waals surface area contributed by atoms with E-state index in [-0.39, 0.29) is 24.1 Å². The Morgan fingerprint density at radius 2 is 1.73 bits per heavy atom. The molecule has 1 saturated carbocycles. The van der Waals surface area contributed by atoms with Crippen LogP contribution in [0.5, 0.6) is 0 Å². The van der Waals surface area contributed by atoms with E-state index in [1.165, 1.54) is 0 Å². The van der Waals surface area contributed by atoms with Crippen molar-refractivity contribution in [3.05, 3.63) is 47.7 Å². The second-order valence-electron chi connectivity index (χ2n) is 13.4. The molecule has 2 amide bonds. The molecule has 4 aromatic rings. The van der Waals surface area contributed by atoms with E-state index in [0.717, 1.165) is 61.2 Å². The van der Waals surface area contributed by atoms with Gasteiger partial charge in [0, 0.05) is 62.2 Å². The van der Waals surface area contributed by atoms with Gasteiger partial charge in [-0.05, 0) is 79.6 Å². The Hall–Kier alpha value is -4.19. The van der Waals surface area contributed by atoms with Gasteiger partial charge in [-0.25, -0.2) is 9.78 Å². The van der Waals surface area contributed by atoms with Gasteiger partial charge in [0.1, 0.15) is 11.1 Å². The molecule has 0 unspecified atom stereocenters. The maximum atomic E-state index is 13.6. The number of ether oxygens (including phenoxy) is 1. The van der Waals surface area contributed by atoms with E-state index < -0.39 is 5.60 Å². The van der Waals surface area contributed by atoms with Crippen molar-refractivity contribution in [2.24, 2.45) is 7.05 Å². The number of rotatable bonds is 7. The molecule has 12 nitrogen and oxygen atoms in total. The van der Waals surface area contributed by atoms with Crippen molar-refractivity contribution in [1.82, 2.24) is 33.9 Å². The van der Waals surface area contributed by atoms with Gasteiger partial charge in [0.15, 0.2) is 11.5 Å². The van der Waals surface area contributed by atoms with Crippen LogP contribution in [0.1, 0.15) is 68.2 Å². The first-order valence-electron chi connectivity index (χ1n) is 15.4. The molecule has 6 rings (SSSR count). The summed E-state index contributed by atoms with van der Waals surface area (Å²) in [6.07, 6.45) is 9.30. The molecule has 3 aromatic heterocycles. The molecule has 44 heavy (non-hydrogen) atoms. The van der Waals surface area contributed by atoms with E-state index in [2.05, 4.69) is 25.3 Å². The Morgan fingerprint density at radius 3 is 2.39 bits per heavy atom. The van der Waals surface area contributed by atoms with Crippen LogP contribution in [-0.2, 0) is 18.3 Å². The number of nitrogens with zero attached hydrogens (tertiary/aromatic N) is 8. The third kappa shape index (κ3) is 6.21. The van der Waals surface area contributed by atoms with Gasteiger partial charge in [-0.2, -0.15) is 5.10 Å². The minimum atomic E-state index is -0.513. The van der Waals surface area contributed by atoms with Gasteiger partial charge in [-0.15, -0.1) is 0 Å². The number of piperidine rings is 1. The summed E-state index contributed by atoms with van der Waals surface area (Å²) in [5.41, 5.74) is 4.11. The van der Waals surface area contributed by atoms with Crippen LogP contribution in [0.3, 0.4) is 0 Å². The minimum absolute atomic E-state index is 0.158. The minimum Gasteiger partial charge on any atom is -0.444 e. The number of nitrogens with one attached hydrogen (secondary N) is 1. The highest BCUT2D eigenvalue weighted by molar-refractivity contribution is 6.13. The predicted octanol–water partition coefficient (Wildman–Crippen LogP) is 4.61. The summed E-state index contributed by atoms with van der Waals surface area (Å²) >= 11 is 0. The van der Waals surface area contributed by atoms with Crippen molar-refractivity contribution in [3.63, 3.8) is 0 Å². The summed E-state index contributed by atoms with van der Waals surface area (Å²) < 4.78 is 9.42. The summed E-state index contributed by atoms with van der Waals surface area (Å²) in [5.74, 6) is 0.196. The average Bonchev–Trinajstić information content (AvgIpc) is 3.54. The molecular formula is C32H43N9O3. The molecule has 1 aromatic carbocycles. The Morgan fingerprint density at radius 1 is 1.02 bits per heavy atom. The van der Waals surface area contributed by atoms with Gasteiger partial charge in [0.05, 0.1) is 23.1 Å². The average molecular weight is 602 g/mol. The maximum absolute atomic E-state index is 13.6. The van der Waals surface area contributed by atoms with Gasteiger partial charge >= 0.3 is 6.09 Å². The number of imidazole rings is 1. The standard InChI is InChI=1S/C32H43N9O3/c1-20-16-40-19-27(34-29(40)25(33-20)18-37(5)6)35-30(42)23-10-11-26(24-17-38(7)36-28(23)24)39-14-12-22(13-15-39)41(21-8-9-21)31(43)44-32(2,3)4/h10-11,16-17,19,21-22H,8-9,12-15,18H2,1-7H3,(H,35,42). The van der Waals surface area contributed by atoms with Gasteiger partial charge in [-0.1, -0.05) is 0 Å². The third-order valence-corrected chi connectivity index (χ3v) is 8.09. The highest BCUT2D eigenvalue weighted by Gasteiger charge is 2.41. The number of benzene rings is 1. The lowest BCUT2D eigenvalue weighted by Crippen LogP contribution is -2.50. The highest BCUT2D eigenvalue weighted by atomic mass is 16.6. The quantitative estimate of drug-likeness (QED) is 0.327. The molecule has 0 bridgehead atoms. The first-order chi connectivity index (χ1) is 20.9. The predicted molar refractivity (Wildman–Crippen MR) is 170 cm³/mol. The third-order valence-electron chi connectivity index (χ3n) is 8.09. The number of amides is 2. The first kappa shape index (κ1) is 29.9. The molecule has 2 aliphatic rings. The van der Waals surface area contributed by atoms with E-state index in [1.54, 1.807) is 4.68 Å². The van der Waals surface area contributed by atoms with Crippen molar-refractivity contribution >= 4 is 40.1 Å². The fourth-order valence-electron chi connectivity index (χ4n) is 6.16. The number of carbonyl (C=O) groups excluding carboxylic acids is 2. The lowest BCUT2D eigenvalue weighted by atomic mass is 10.0. The molecule has 1 aliphatic carbocycles. The van der Waals surface area contributed by atoms with E-state index >= 15 is 0 Å². The number of hydrogen-bond acceptors (Lipinski definition) is 8. The van der Waals surface area contributed by atoms with E-state index in [1.807, 2.05) is 93.8 Å². The van der Waals surface area contributed by atoms with Crippen molar-refractivity contribution in [2.75, 3.05) is 37.4 Å². The molecule has 1 N–H and O–H groups in total. The van der Waals surface area contributed by atoms with Crippen molar-refractivity contribution < 1.29 is 14.3 Å². The van der Waals surface area contributed by atoms with Gasteiger partial charge in [-0.3, -0.25) is 14.5 Å². The van der Waals surface area contributed by atoms with Crippen LogP contribution < -0.4 is 10.2 Å². The maximum Gasteiger partial charge on any atom is 0.410 e. The van der Waals surface area contributed by atoms with E-state index in [4.69, 9.17) is 4.74 Å².